The van der Waals surface area contributed by atoms with E-state index in [0.29, 0.717) is 27.1 Å². The zero-order chi connectivity index (χ0) is 15.2. The zero-order valence-electron chi connectivity index (χ0n) is 11.3. The molecule has 2 rings (SSSR count). The van der Waals surface area contributed by atoms with Crippen LogP contribution in [0.5, 0.6) is 5.75 Å². The van der Waals surface area contributed by atoms with Crippen LogP contribution in [0.2, 0.25) is 0 Å². The Hall–Kier alpha value is -1.86. The summed E-state index contributed by atoms with van der Waals surface area (Å²) in [6.07, 6.45) is 1.68. The molecule has 0 bridgehead atoms. The van der Waals surface area contributed by atoms with Gasteiger partial charge in [-0.05, 0) is 19.1 Å². The van der Waals surface area contributed by atoms with Gasteiger partial charge in [-0.1, -0.05) is 42.2 Å². The lowest BCUT2D eigenvalue weighted by Crippen LogP contribution is -2.17. The van der Waals surface area contributed by atoms with Crippen LogP contribution in [-0.4, -0.2) is 29.4 Å². The van der Waals surface area contributed by atoms with Gasteiger partial charge in [-0.25, -0.2) is 4.79 Å². The number of rotatable bonds is 5. The van der Waals surface area contributed by atoms with Crippen molar-refractivity contribution in [1.29, 1.82) is 0 Å². The Bertz CT molecular complexity index is 613. The summed E-state index contributed by atoms with van der Waals surface area (Å²) in [6.45, 7) is 1.86. The largest absolute Gasteiger partial charge is 0.481 e. The number of thiocarbonyl (C=S) groups is 1. The van der Waals surface area contributed by atoms with Crippen molar-refractivity contribution in [1.82, 2.24) is 5.32 Å². The first-order chi connectivity index (χ1) is 10.1. The lowest BCUT2D eigenvalue weighted by molar-refractivity contribution is -0.145. The Balaban J connectivity index is 2.14. The normalized spacial score (nSPS) is 16.0. The molecule has 0 aliphatic carbocycles. The van der Waals surface area contributed by atoms with Gasteiger partial charge in [0.15, 0.2) is 6.61 Å². The van der Waals surface area contributed by atoms with Gasteiger partial charge in [-0.3, -0.25) is 4.79 Å². The van der Waals surface area contributed by atoms with Gasteiger partial charge in [0.25, 0.3) is 5.91 Å². The Morgan fingerprint density at radius 3 is 2.86 bits per heavy atom. The molecule has 1 aliphatic heterocycles. The van der Waals surface area contributed by atoms with Crippen LogP contribution in [0.1, 0.15) is 12.5 Å². The molecule has 5 nitrogen and oxygen atoms in total. The second-order valence-electron chi connectivity index (χ2n) is 3.98. The van der Waals surface area contributed by atoms with E-state index in [1.54, 1.807) is 31.2 Å². The molecule has 1 amide bonds. The van der Waals surface area contributed by atoms with Crippen molar-refractivity contribution < 1.29 is 19.1 Å². The van der Waals surface area contributed by atoms with Crippen LogP contribution >= 0.6 is 24.0 Å². The lowest BCUT2D eigenvalue weighted by atomic mass is 10.2. The molecule has 1 heterocycles. The average Bonchev–Trinajstić information content (AvgIpc) is 2.76. The molecule has 1 aromatic carbocycles. The minimum absolute atomic E-state index is 0.175. The van der Waals surface area contributed by atoms with E-state index < -0.39 is 5.97 Å². The summed E-state index contributed by atoms with van der Waals surface area (Å²) in [4.78, 5) is 23.5. The molecule has 7 heteroatoms. The first kappa shape index (κ1) is 15.5. The number of benzene rings is 1. The highest BCUT2D eigenvalue weighted by Crippen LogP contribution is 2.29. The third-order valence-corrected chi connectivity index (χ3v) is 3.66. The molecule has 0 radical (unpaired) electrons. The quantitative estimate of drug-likeness (QED) is 0.509. The molecule has 0 saturated carbocycles. The van der Waals surface area contributed by atoms with E-state index in [1.165, 1.54) is 11.8 Å². The van der Waals surface area contributed by atoms with Crippen LogP contribution in [0.15, 0.2) is 29.2 Å². The van der Waals surface area contributed by atoms with Crippen LogP contribution in [0, 0.1) is 0 Å². The zero-order valence-corrected chi connectivity index (χ0v) is 12.9. The summed E-state index contributed by atoms with van der Waals surface area (Å²) < 4.78 is 10.7. The van der Waals surface area contributed by atoms with Crippen molar-refractivity contribution >= 4 is 46.3 Å². The number of esters is 1. The van der Waals surface area contributed by atoms with Gasteiger partial charge in [0.2, 0.25) is 0 Å². The Labute approximate surface area is 131 Å². The van der Waals surface area contributed by atoms with Crippen molar-refractivity contribution in [3.63, 3.8) is 0 Å². The SMILES string of the molecule is CCOC(=O)COc1ccccc1C=C1SC(=S)NC1=O. The number of para-hydroxylation sites is 1. The molecule has 0 spiro atoms. The molecule has 1 fully saturated rings. The molecule has 110 valence electrons. The van der Waals surface area contributed by atoms with E-state index >= 15 is 0 Å². The van der Waals surface area contributed by atoms with Gasteiger partial charge in [0.1, 0.15) is 10.1 Å². The van der Waals surface area contributed by atoms with Gasteiger partial charge in [0, 0.05) is 5.56 Å². The fraction of sp³-hybridized carbons (Fsp3) is 0.214. The predicted molar refractivity (Wildman–Crippen MR) is 84.9 cm³/mol. The monoisotopic (exact) mass is 323 g/mol. The molecular weight excluding hydrogens is 310 g/mol. The molecule has 1 saturated heterocycles. The number of nitrogens with one attached hydrogen (secondary N) is 1. The second kappa shape index (κ2) is 7.24. The Kier molecular flexibility index (Phi) is 5.35. The fourth-order valence-electron chi connectivity index (χ4n) is 1.63. The van der Waals surface area contributed by atoms with Crippen molar-refractivity contribution in [2.75, 3.05) is 13.2 Å². The Morgan fingerprint density at radius 1 is 1.43 bits per heavy atom. The number of thioether (sulfide) groups is 1. The van der Waals surface area contributed by atoms with Gasteiger partial charge in [-0.15, -0.1) is 0 Å². The van der Waals surface area contributed by atoms with Crippen molar-refractivity contribution in [2.45, 2.75) is 6.92 Å². The van der Waals surface area contributed by atoms with Crippen LogP contribution in [0.4, 0.5) is 0 Å². The van der Waals surface area contributed by atoms with E-state index in [-0.39, 0.29) is 12.5 Å². The molecule has 1 N–H and O–H groups in total. The van der Waals surface area contributed by atoms with E-state index in [1.807, 2.05) is 6.07 Å². The van der Waals surface area contributed by atoms with Crippen LogP contribution < -0.4 is 10.1 Å². The molecule has 1 aromatic rings. The van der Waals surface area contributed by atoms with Gasteiger partial charge in [0.05, 0.1) is 11.5 Å². The van der Waals surface area contributed by atoms with Crippen LogP contribution in [-0.2, 0) is 14.3 Å². The maximum Gasteiger partial charge on any atom is 0.344 e. The van der Waals surface area contributed by atoms with E-state index in [4.69, 9.17) is 21.7 Å². The molecule has 1 aliphatic rings. The number of ether oxygens (including phenoxy) is 2. The smallest absolute Gasteiger partial charge is 0.344 e. The van der Waals surface area contributed by atoms with Gasteiger partial charge < -0.3 is 14.8 Å². The van der Waals surface area contributed by atoms with Gasteiger partial charge in [-0.2, -0.15) is 0 Å². The number of hydrogen-bond acceptors (Lipinski definition) is 6. The number of hydrogen-bond donors (Lipinski definition) is 1. The minimum Gasteiger partial charge on any atom is -0.481 e. The van der Waals surface area contributed by atoms with E-state index in [9.17, 15) is 9.59 Å². The topological polar surface area (TPSA) is 64.6 Å². The summed E-state index contributed by atoms with van der Waals surface area (Å²) in [5.41, 5.74) is 0.698. The summed E-state index contributed by atoms with van der Waals surface area (Å²) >= 11 is 6.13. The maximum atomic E-state index is 11.6. The van der Waals surface area contributed by atoms with Crippen LogP contribution in [0.25, 0.3) is 6.08 Å². The van der Waals surface area contributed by atoms with Crippen molar-refractivity contribution in [3.05, 3.63) is 34.7 Å². The van der Waals surface area contributed by atoms with E-state index in [0.717, 1.165) is 0 Å². The average molecular weight is 323 g/mol. The summed E-state index contributed by atoms with van der Waals surface area (Å²) in [5, 5.41) is 2.55. The molecule has 0 aromatic heterocycles. The number of carbonyl (C=O) groups excluding carboxylic acids is 2. The van der Waals surface area contributed by atoms with Crippen LogP contribution in [0.3, 0.4) is 0 Å². The van der Waals surface area contributed by atoms with Gasteiger partial charge >= 0.3 is 5.97 Å². The first-order valence-electron chi connectivity index (χ1n) is 6.22. The standard InChI is InChI=1S/C14H13NO4S2/c1-2-18-12(16)8-19-10-6-4-3-5-9(10)7-11-13(17)15-14(20)21-11/h3-7H,2,8H2,1H3,(H,15,17,20). The highest BCUT2D eigenvalue weighted by atomic mass is 32.2. The minimum atomic E-state index is -0.436. The molecule has 21 heavy (non-hydrogen) atoms. The summed E-state index contributed by atoms with van der Waals surface area (Å²) in [5.74, 6) is -0.163. The summed E-state index contributed by atoms with van der Waals surface area (Å²) in [6, 6.07) is 7.12. The molecule has 0 unspecified atom stereocenters. The first-order valence-corrected chi connectivity index (χ1v) is 7.45. The Morgan fingerprint density at radius 2 is 2.19 bits per heavy atom. The maximum absolute atomic E-state index is 11.6. The number of amides is 1. The fourth-order valence-corrected chi connectivity index (χ4v) is 2.67. The second-order valence-corrected chi connectivity index (χ2v) is 5.70. The number of carbonyl (C=O) groups is 2. The van der Waals surface area contributed by atoms with E-state index in [2.05, 4.69) is 5.32 Å². The highest BCUT2D eigenvalue weighted by Gasteiger charge is 2.22. The van der Waals surface area contributed by atoms with Crippen molar-refractivity contribution in [3.8, 4) is 5.75 Å². The third-order valence-electron chi connectivity index (χ3n) is 2.50. The highest BCUT2D eigenvalue weighted by molar-refractivity contribution is 8.26. The lowest BCUT2D eigenvalue weighted by Gasteiger charge is -2.08. The predicted octanol–water partition coefficient (Wildman–Crippen LogP) is 2.12. The van der Waals surface area contributed by atoms with Crippen molar-refractivity contribution in [2.24, 2.45) is 0 Å². The third kappa shape index (κ3) is 4.30. The summed E-state index contributed by atoms with van der Waals surface area (Å²) in [7, 11) is 0. The molecule has 0 atom stereocenters. The molecular formula is C14H13NO4S2.